The Morgan fingerprint density at radius 2 is 1.85 bits per heavy atom. The molecule has 0 saturated carbocycles. The van der Waals surface area contributed by atoms with Crippen LogP contribution in [0.3, 0.4) is 0 Å². The van der Waals surface area contributed by atoms with Crippen LogP contribution in [0.2, 0.25) is 0 Å². The number of aryl methyl sites for hydroxylation is 1. The molecule has 3 nitrogen and oxygen atoms in total. The quantitative estimate of drug-likeness (QED) is 0.751. The monoisotopic (exact) mass is 259 g/mol. The highest BCUT2D eigenvalue weighted by Gasteiger charge is 2.03. The van der Waals surface area contributed by atoms with E-state index in [1.54, 1.807) is 18.3 Å². The number of hydrogen-bond donors (Lipinski definition) is 1. The normalized spacial score (nSPS) is 10.2. The first-order valence-corrected chi connectivity index (χ1v) is 6.39. The number of fused-ring (bicyclic) bond motifs is 1. The van der Waals surface area contributed by atoms with Gasteiger partial charge in [-0.15, -0.1) is 0 Å². The van der Waals surface area contributed by atoms with Crippen molar-refractivity contribution in [2.24, 2.45) is 0 Å². The van der Waals surface area contributed by atoms with Gasteiger partial charge in [0.2, 0.25) is 0 Å². The van der Waals surface area contributed by atoms with Gasteiger partial charge in [0.15, 0.2) is 0 Å². The molecule has 0 unspecified atom stereocenters. The standard InChI is InChI=1S/C17H13N3/c1-12-2-7-16-15(10-12)17(8-9-19-16)20-14-5-3-13(11-18)4-6-14/h2-10H,1H3,(H,19,20). The Labute approximate surface area is 117 Å². The van der Waals surface area contributed by atoms with Gasteiger partial charge in [0.05, 0.1) is 17.1 Å². The molecular formula is C17H13N3. The van der Waals surface area contributed by atoms with Crippen LogP contribution in [-0.4, -0.2) is 4.98 Å². The first kappa shape index (κ1) is 12.2. The zero-order valence-corrected chi connectivity index (χ0v) is 11.1. The number of rotatable bonds is 2. The van der Waals surface area contributed by atoms with Gasteiger partial charge in [0.1, 0.15) is 0 Å². The van der Waals surface area contributed by atoms with Crippen LogP contribution in [0, 0.1) is 18.3 Å². The minimum atomic E-state index is 0.658. The maximum absolute atomic E-state index is 8.81. The van der Waals surface area contributed by atoms with Crippen LogP contribution in [0.4, 0.5) is 11.4 Å². The summed E-state index contributed by atoms with van der Waals surface area (Å²) in [5.74, 6) is 0. The molecular weight excluding hydrogens is 246 g/mol. The van der Waals surface area contributed by atoms with Gasteiger partial charge in [0, 0.05) is 23.0 Å². The second-order valence-corrected chi connectivity index (χ2v) is 4.69. The fourth-order valence-electron chi connectivity index (χ4n) is 2.15. The van der Waals surface area contributed by atoms with Crippen molar-refractivity contribution in [2.75, 3.05) is 5.32 Å². The molecule has 0 aliphatic carbocycles. The van der Waals surface area contributed by atoms with Crippen LogP contribution in [0.15, 0.2) is 54.7 Å². The average Bonchev–Trinajstić information content (AvgIpc) is 2.49. The lowest BCUT2D eigenvalue weighted by Crippen LogP contribution is -1.93. The summed E-state index contributed by atoms with van der Waals surface area (Å²) in [7, 11) is 0. The van der Waals surface area contributed by atoms with Gasteiger partial charge in [-0.25, -0.2) is 0 Å². The molecule has 96 valence electrons. The summed E-state index contributed by atoms with van der Waals surface area (Å²) in [5.41, 5.74) is 4.80. The molecule has 0 atom stereocenters. The van der Waals surface area contributed by atoms with Crippen molar-refractivity contribution in [3.63, 3.8) is 0 Å². The second kappa shape index (κ2) is 5.02. The summed E-state index contributed by atoms with van der Waals surface area (Å²) in [6, 6.07) is 17.7. The maximum Gasteiger partial charge on any atom is 0.0991 e. The predicted molar refractivity (Wildman–Crippen MR) is 80.9 cm³/mol. The van der Waals surface area contributed by atoms with E-state index in [-0.39, 0.29) is 0 Å². The van der Waals surface area contributed by atoms with Gasteiger partial charge >= 0.3 is 0 Å². The highest BCUT2D eigenvalue weighted by molar-refractivity contribution is 5.93. The fourth-order valence-corrected chi connectivity index (χ4v) is 2.15. The third kappa shape index (κ3) is 2.32. The zero-order valence-electron chi connectivity index (χ0n) is 11.1. The highest BCUT2D eigenvalue weighted by Crippen LogP contribution is 2.26. The number of anilines is 2. The summed E-state index contributed by atoms with van der Waals surface area (Å²) in [6.07, 6.45) is 1.80. The lowest BCUT2D eigenvalue weighted by Gasteiger charge is -2.10. The summed E-state index contributed by atoms with van der Waals surface area (Å²) in [4.78, 5) is 4.37. The Hall–Kier alpha value is -2.86. The van der Waals surface area contributed by atoms with Gasteiger partial charge in [-0.1, -0.05) is 11.6 Å². The van der Waals surface area contributed by atoms with Gasteiger partial charge in [-0.05, 0) is 49.4 Å². The summed E-state index contributed by atoms with van der Waals surface area (Å²) in [6.45, 7) is 2.07. The van der Waals surface area contributed by atoms with E-state index >= 15 is 0 Å². The Bertz CT molecular complexity index is 799. The van der Waals surface area contributed by atoms with Crippen molar-refractivity contribution in [3.05, 3.63) is 65.9 Å². The van der Waals surface area contributed by atoms with E-state index in [0.717, 1.165) is 22.3 Å². The third-order valence-corrected chi connectivity index (χ3v) is 3.19. The lowest BCUT2D eigenvalue weighted by atomic mass is 10.1. The number of nitriles is 1. The minimum absolute atomic E-state index is 0.658. The molecule has 0 amide bonds. The topological polar surface area (TPSA) is 48.7 Å². The maximum atomic E-state index is 8.81. The van der Waals surface area contributed by atoms with Gasteiger partial charge in [-0.3, -0.25) is 4.98 Å². The molecule has 1 N–H and O–H groups in total. The van der Waals surface area contributed by atoms with Gasteiger partial charge < -0.3 is 5.32 Å². The van der Waals surface area contributed by atoms with Crippen LogP contribution in [0.25, 0.3) is 10.9 Å². The SMILES string of the molecule is Cc1ccc2nccc(Nc3ccc(C#N)cc3)c2c1. The molecule has 20 heavy (non-hydrogen) atoms. The minimum Gasteiger partial charge on any atom is -0.355 e. The van der Waals surface area contributed by atoms with Crippen LogP contribution in [0.5, 0.6) is 0 Å². The van der Waals surface area contributed by atoms with Crippen LogP contribution >= 0.6 is 0 Å². The van der Waals surface area contributed by atoms with E-state index in [9.17, 15) is 0 Å². The number of pyridine rings is 1. The molecule has 2 aromatic carbocycles. The van der Waals surface area contributed by atoms with Crippen molar-refractivity contribution in [1.29, 1.82) is 5.26 Å². The van der Waals surface area contributed by atoms with Crippen molar-refractivity contribution < 1.29 is 0 Å². The predicted octanol–water partition coefficient (Wildman–Crippen LogP) is 4.16. The smallest absolute Gasteiger partial charge is 0.0991 e. The van der Waals surface area contributed by atoms with Gasteiger partial charge in [-0.2, -0.15) is 5.26 Å². The van der Waals surface area contributed by atoms with Gasteiger partial charge in [0.25, 0.3) is 0 Å². The molecule has 3 rings (SSSR count). The molecule has 0 fully saturated rings. The van der Waals surface area contributed by atoms with Crippen molar-refractivity contribution in [1.82, 2.24) is 4.98 Å². The van der Waals surface area contributed by atoms with E-state index in [2.05, 4.69) is 35.4 Å². The van der Waals surface area contributed by atoms with Crippen molar-refractivity contribution in [2.45, 2.75) is 6.92 Å². The summed E-state index contributed by atoms with van der Waals surface area (Å²) in [5, 5.41) is 13.3. The average molecular weight is 259 g/mol. The number of nitrogens with one attached hydrogen (secondary N) is 1. The first-order chi connectivity index (χ1) is 9.76. The number of nitrogens with zero attached hydrogens (tertiary/aromatic N) is 2. The fraction of sp³-hybridized carbons (Fsp3) is 0.0588. The first-order valence-electron chi connectivity index (χ1n) is 6.39. The molecule has 0 aliphatic heterocycles. The number of aromatic nitrogens is 1. The van der Waals surface area contributed by atoms with E-state index in [1.165, 1.54) is 5.56 Å². The molecule has 0 aliphatic rings. The van der Waals surface area contributed by atoms with Crippen molar-refractivity contribution >= 4 is 22.3 Å². The molecule has 1 heterocycles. The summed E-state index contributed by atoms with van der Waals surface area (Å²) < 4.78 is 0. The Balaban J connectivity index is 2.01. The third-order valence-electron chi connectivity index (χ3n) is 3.19. The molecule has 0 spiro atoms. The Morgan fingerprint density at radius 1 is 1.05 bits per heavy atom. The zero-order chi connectivity index (χ0) is 13.9. The molecule has 3 aromatic rings. The van der Waals surface area contributed by atoms with Crippen LogP contribution in [0.1, 0.15) is 11.1 Å². The van der Waals surface area contributed by atoms with E-state index in [4.69, 9.17) is 5.26 Å². The molecule has 3 heteroatoms. The summed E-state index contributed by atoms with van der Waals surface area (Å²) >= 11 is 0. The molecule has 1 aromatic heterocycles. The van der Waals surface area contributed by atoms with Crippen LogP contribution < -0.4 is 5.32 Å². The molecule has 0 radical (unpaired) electrons. The Kier molecular flexibility index (Phi) is 3.06. The van der Waals surface area contributed by atoms with Crippen LogP contribution in [-0.2, 0) is 0 Å². The van der Waals surface area contributed by atoms with Crippen molar-refractivity contribution in [3.8, 4) is 6.07 Å². The number of hydrogen-bond acceptors (Lipinski definition) is 3. The molecule has 0 saturated heterocycles. The molecule has 0 bridgehead atoms. The van der Waals surface area contributed by atoms with E-state index < -0.39 is 0 Å². The van der Waals surface area contributed by atoms with E-state index in [0.29, 0.717) is 5.56 Å². The number of benzene rings is 2. The Morgan fingerprint density at radius 3 is 2.60 bits per heavy atom. The lowest BCUT2D eigenvalue weighted by molar-refractivity contribution is 1.39. The second-order valence-electron chi connectivity index (χ2n) is 4.69. The highest BCUT2D eigenvalue weighted by atomic mass is 14.9. The van der Waals surface area contributed by atoms with E-state index in [1.807, 2.05) is 24.3 Å². The largest absolute Gasteiger partial charge is 0.355 e.